The average molecular weight is 261 g/mol. The molecule has 1 atom stereocenters. The van der Waals surface area contributed by atoms with Gasteiger partial charge in [0, 0.05) is 11.1 Å². The number of aromatic nitrogens is 1. The minimum absolute atomic E-state index is 0.272. The largest absolute Gasteiger partial charge is 0.467 e. The number of carbonyl (C=O) groups is 1. The van der Waals surface area contributed by atoms with Crippen LogP contribution < -0.4 is 5.32 Å². The van der Waals surface area contributed by atoms with Crippen LogP contribution in [0.2, 0.25) is 0 Å². The Bertz CT molecular complexity index is 568. The van der Waals surface area contributed by atoms with Gasteiger partial charge in [0.15, 0.2) is 5.92 Å². The molecule has 2 aromatic heterocycles. The van der Waals surface area contributed by atoms with Gasteiger partial charge < -0.3 is 9.73 Å². The van der Waals surface area contributed by atoms with Gasteiger partial charge in [-0.15, -0.1) is 11.3 Å². The third kappa shape index (κ3) is 2.76. The van der Waals surface area contributed by atoms with Crippen LogP contribution in [0.15, 0.2) is 28.2 Å². The first kappa shape index (κ1) is 12.3. The highest BCUT2D eigenvalue weighted by molar-refractivity contribution is 7.09. The third-order valence-corrected chi connectivity index (χ3v) is 3.32. The van der Waals surface area contributed by atoms with Gasteiger partial charge in [-0.1, -0.05) is 0 Å². The smallest absolute Gasteiger partial charge is 0.244 e. The van der Waals surface area contributed by atoms with Gasteiger partial charge in [0.25, 0.3) is 0 Å². The molecule has 92 valence electrons. The zero-order valence-corrected chi connectivity index (χ0v) is 10.5. The molecule has 0 unspecified atom stereocenters. The maximum atomic E-state index is 11.9. The summed E-state index contributed by atoms with van der Waals surface area (Å²) in [5, 5.41) is 14.0. The molecule has 0 radical (unpaired) electrons. The van der Waals surface area contributed by atoms with Crippen LogP contribution in [0.3, 0.4) is 0 Å². The van der Waals surface area contributed by atoms with Gasteiger partial charge in [-0.3, -0.25) is 4.79 Å². The summed E-state index contributed by atoms with van der Waals surface area (Å²) in [6.45, 7) is 2.10. The van der Waals surface area contributed by atoms with Crippen LogP contribution in [0, 0.1) is 18.3 Å². The molecule has 0 bridgehead atoms. The number of rotatable bonds is 4. The predicted octanol–water partition coefficient (Wildman–Crippen LogP) is 1.97. The van der Waals surface area contributed by atoms with E-state index in [0.29, 0.717) is 10.8 Å². The maximum absolute atomic E-state index is 11.9. The molecule has 0 aliphatic rings. The molecular formula is C12H11N3O2S. The Kier molecular flexibility index (Phi) is 3.75. The van der Waals surface area contributed by atoms with E-state index in [-0.39, 0.29) is 12.5 Å². The summed E-state index contributed by atoms with van der Waals surface area (Å²) >= 11 is 1.32. The molecule has 0 fully saturated rings. The van der Waals surface area contributed by atoms with Crippen LogP contribution >= 0.6 is 11.3 Å². The van der Waals surface area contributed by atoms with Crippen molar-refractivity contribution >= 4 is 17.2 Å². The average Bonchev–Trinajstić information content (AvgIpc) is 2.99. The molecule has 1 N–H and O–H groups in total. The number of thiazole rings is 1. The first-order chi connectivity index (χ1) is 8.70. The molecule has 6 heteroatoms. The van der Waals surface area contributed by atoms with Crippen LogP contribution in [0.5, 0.6) is 0 Å². The Hall–Kier alpha value is -2.13. The van der Waals surface area contributed by atoms with Crippen molar-refractivity contribution in [1.29, 1.82) is 5.26 Å². The zero-order chi connectivity index (χ0) is 13.0. The second-order valence-corrected chi connectivity index (χ2v) is 4.58. The number of nitriles is 1. The summed E-state index contributed by atoms with van der Waals surface area (Å²) in [5.41, 5.74) is 0.814. The molecule has 0 saturated carbocycles. The standard InChI is InChI=1S/C12H11N3O2S/c1-8-7-18-12(15-8)10(5-13)11(16)14-6-9-3-2-4-17-9/h2-4,7,10H,6H2,1H3,(H,14,16)/t10-/m0/s1. The second-order valence-electron chi connectivity index (χ2n) is 3.69. The zero-order valence-electron chi connectivity index (χ0n) is 9.71. The highest BCUT2D eigenvalue weighted by atomic mass is 32.1. The van der Waals surface area contributed by atoms with Crippen molar-refractivity contribution in [3.63, 3.8) is 0 Å². The monoisotopic (exact) mass is 261 g/mol. The highest BCUT2D eigenvalue weighted by Gasteiger charge is 2.23. The van der Waals surface area contributed by atoms with E-state index in [1.54, 1.807) is 12.1 Å². The lowest BCUT2D eigenvalue weighted by Gasteiger charge is -2.06. The molecular weight excluding hydrogens is 250 g/mol. The molecule has 2 heterocycles. The second kappa shape index (κ2) is 5.47. The third-order valence-electron chi connectivity index (χ3n) is 2.29. The topological polar surface area (TPSA) is 78.9 Å². The molecule has 2 aromatic rings. The van der Waals surface area contributed by atoms with Crippen LogP contribution in [-0.2, 0) is 11.3 Å². The Morgan fingerprint density at radius 2 is 2.56 bits per heavy atom. The van der Waals surface area contributed by atoms with E-state index in [2.05, 4.69) is 10.3 Å². The highest BCUT2D eigenvalue weighted by Crippen LogP contribution is 2.19. The van der Waals surface area contributed by atoms with Crippen molar-refractivity contribution < 1.29 is 9.21 Å². The number of hydrogen-bond donors (Lipinski definition) is 1. The Morgan fingerprint density at radius 3 is 3.11 bits per heavy atom. The molecule has 18 heavy (non-hydrogen) atoms. The van der Waals surface area contributed by atoms with Crippen LogP contribution in [0.25, 0.3) is 0 Å². The number of nitrogens with zero attached hydrogens (tertiary/aromatic N) is 2. The Balaban J connectivity index is 2.00. The summed E-state index contributed by atoms with van der Waals surface area (Å²) in [6, 6.07) is 5.47. The number of furan rings is 1. The molecule has 1 amide bonds. The molecule has 5 nitrogen and oxygen atoms in total. The van der Waals surface area contributed by atoms with E-state index < -0.39 is 5.92 Å². The fourth-order valence-corrected chi connectivity index (χ4v) is 2.26. The molecule has 2 rings (SSSR count). The lowest BCUT2D eigenvalue weighted by Crippen LogP contribution is -2.28. The van der Waals surface area contributed by atoms with Gasteiger partial charge >= 0.3 is 0 Å². The van der Waals surface area contributed by atoms with Gasteiger partial charge in [0.2, 0.25) is 5.91 Å². The minimum atomic E-state index is -0.862. The number of nitrogens with one attached hydrogen (secondary N) is 1. The van der Waals surface area contributed by atoms with E-state index in [1.165, 1.54) is 17.6 Å². The van der Waals surface area contributed by atoms with E-state index in [4.69, 9.17) is 9.68 Å². The maximum Gasteiger partial charge on any atom is 0.244 e. The fraction of sp³-hybridized carbons (Fsp3) is 0.250. The Morgan fingerprint density at radius 1 is 1.72 bits per heavy atom. The molecule has 0 saturated heterocycles. The minimum Gasteiger partial charge on any atom is -0.467 e. The van der Waals surface area contributed by atoms with Crippen molar-refractivity contribution in [1.82, 2.24) is 10.3 Å². The van der Waals surface area contributed by atoms with Crippen LogP contribution in [0.4, 0.5) is 0 Å². The van der Waals surface area contributed by atoms with Gasteiger partial charge in [-0.2, -0.15) is 5.26 Å². The van der Waals surface area contributed by atoms with Crippen LogP contribution in [-0.4, -0.2) is 10.9 Å². The van der Waals surface area contributed by atoms with E-state index in [1.807, 2.05) is 18.4 Å². The van der Waals surface area contributed by atoms with Crippen molar-refractivity contribution in [3.05, 3.63) is 40.2 Å². The van der Waals surface area contributed by atoms with Gasteiger partial charge in [-0.05, 0) is 19.1 Å². The normalized spacial score (nSPS) is 11.8. The quantitative estimate of drug-likeness (QED) is 0.912. The van der Waals surface area contributed by atoms with Gasteiger partial charge in [-0.25, -0.2) is 4.98 Å². The van der Waals surface area contributed by atoms with E-state index in [9.17, 15) is 4.79 Å². The Labute approximate surface area is 108 Å². The number of amides is 1. The van der Waals surface area contributed by atoms with E-state index >= 15 is 0 Å². The van der Waals surface area contributed by atoms with Crippen LogP contribution in [0.1, 0.15) is 22.4 Å². The molecule has 0 aromatic carbocycles. The summed E-state index contributed by atoms with van der Waals surface area (Å²) in [4.78, 5) is 16.0. The SMILES string of the molecule is Cc1csc([C@@H](C#N)C(=O)NCc2ccco2)n1. The molecule has 0 spiro atoms. The first-order valence-corrected chi connectivity index (χ1v) is 6.20. The van der Waals surface area contributed by atoms with Crippen molar-refractivity contribution in [3.8, 4) is 6.07 Å². The van der Waals surface area contributed by atoms with Gasteiger partial charge in [0.05, 0.1) is 18.9 Å². The number of hydrogen-bond acceptors (Lipinski definition) is 5. The first-order valence-electron chi connectivity index (χ1n) is 5.32. The summed E-state index contributed by atoms with van der Waals surface area (Å²) in [7, 11) is 0. The fourth-order valence-electron chi connectivity index (χ4n) is 1.42. The predicted molar refractivity (Wildman–Crippen MR) is 65.8 cm³/mol. The molecule has 0 aliphatic carbocycles. The van der Waals surface area contributed by atoms with E-state index in [0.717, 1.165) is 5.69 Å². The summed E-state index contributed by atoms with van der Waals surface area (Å²) < 4.78 is 5.10. The molecule has 0 aliphatic heterocycles. The van der Waals surface area contributed by atoms with Gasteiger partial charge in [0.1, 0.15) is 10.8 Å². The number of carbonyl (C=O) groups excluding carboxylic acids is 1. The van der Waals surface area contributed by atoms with Crippen molar-refractivity contribution in [2.24, 2.45) is 0 Å². The lowest BCUT2D eigenvalue weighted by atomic mass is 10.1. The summed E-state index contributed by atoms with van der Waals surface area (Å²) in [5.74, 6) is -0.572. The van der Waals surface area contributed by atoms with Crippen molar-refractivity contribution in [2.45, 2.75) is 19.4 Å². The lowest BCUT2D eigenvalue weighted by molar-refractivity contribution is -0.121. The number of aryl methyl sites for hydroxylation is 1. The van der Waals surface area contributed by atoms with Crippen molar-refractivity contribution in [2.75, 3.05) is 0 Å². The summed E-state index contributed by atoms with van der Waals surface area (Å²) in [6.07, 6.45) is 1.54.